The molecule has 14 heavy (non-hydrogen) atoms. The highest BCUT2D eigenvalue weighted by Crippen LogP contribution is 2.11. The summed E-state index contributed by atoms with van der Waals surface area (Å²) in [6.45, 7) is 5.90. The lowest BCUT2D eigenvalue weighted by atomic mass is 10.3. The minimum absolute atomic E-state index is 0.00547. The van der Waals surface area contributed by atoms with Crippen molar-refractivity contribution in [2.24, 2.45) is 0 Å². The van der Waals surface area contributed by atoms with Gasteiger partial charge < -0.3 is 9.80 Å². The van der Waals surface area contributed by atoms with Crippen LogP contribution in [0.3, 0.4) is 0 Å². The van der Waals surface area contributed by atoms with Crippen molar-refractivity contribution in [3.05, 3.63) is 0 Å². The van der Waals surface area contributed by atoms with Gasteiger partial charge in [0.1, 0.15) is 0 Å². The molecule has 1 rings (SSSR count). The minimum Gasteiger partial charge on any atom is -0.340 e. The van der Waals surface area contributed by atoms with Gasteiger partial charge in [0.2, 0.25) is 5.91 Å². The Hall–Kier alpha value is -0.0900. The van der Waals surface area contributed by atoms with Gasteiger partial charge in [-0.3, -0.25) is 4.79 Å². The fourth-order valence-electron chi connectivity index (χ4n) is 1.64. The van der Waals surface area contributed by atoms with Gasteiger partial charge in [-0.2, -0.15) is 0 Å². The van der Waals surface area contributed by atoms with E-state index in [1.807, 2.05) is 11.8 Å². The van der Waals surface area contributed by atoms with E-state index < -0.39 is 0 Å². The first-order valence-electron chi connectivity index (χ1n) is 5.26. The van der Waals surface area contributed by atoms with Crippen LogP contribution in [0.25, 0.3) is 0 Å². The van der Waals surface area contributed by atoms with Gasteiger partial charge in [0.05, 0.1) is 4.83 Å². The number of halogens is 1. The summed E-state index contributed by atoms with van der Waals surface area (Å²) in [7, 11) is 2.11. The van der Waals surface area contributed by atoms with Crippen molar-refractivity contribution in [2.75, 3.05) is 33.2 Å². The number of nitrogens with zero attached hydrogens (tertiary/aromatic N) is 2. The maximum absolute atomic E-state index is 11.8. The molecule has 1 amide bonds. The molecule has 0 aromatic heterocycles. The van der Waals surface area contributed by atoms with Crippen LogP contribution in [-0.2, 0) is 4.79 Å². The van der Waals surface area contributed by atoms with Crippen LogP contribution in [0.5, 0.6) is 0 Å². The Labute approximate surface area is 94.6 Å². The van der Waals surface area contributed by atoms with E-state index >= 15 is 0 Å². The molecular formula is C10H19BrN2O. The van der Waals surface area contributed by atoms with Crippen LogP contribution in [0, 0.1) is 0 Å². The van der Waals surface area contributed by atoms with Crippen molar-refractivity contribution < 1.29 is 4.79 Å². The molecule has 82 valence electrons. The molecule has 0 aromatic rings. The van der Waals surface area contributed by atoms with Crippen molar-refractivity contribution in [3.63, 3.8) is 0 Å². The smallest absolute Gasteiger partial charge is 0.236 e. The lowest BCUT2D eigenvalue weighted by Gasteiger charge is -2.22. The van der Waals surface area contributed by atoms with Crippen molar-refractivity contribution in [3.8, 4) is 0 Å². The molecule has 1 unspecified atom stereocenters. The summed E-state index contributed by atoms with van der Waals surface area (Å²) < 4.78 is 0. The molecule has 4 heteroatoms. The lowest BCUT2D eigenvalue weighted by Crippen LogP contribution is -2.38. The molecule has 0 radical (unpaired) electrons. The van der Waals surface area contributed by atoms with Crippen LogP contribution in [0.15, 0.2) is 0 Å². The number of rotatable bonds is 2. The molecule has 1 saturated heterocycles. The molecular weight excluding hydrogens is 244 g/mol. The normalized spacial score (nSPS) is 21.8. The van der Waals surface area contributed by atoms with E-state index in [9.17, 15) is 4.79 Å². The zero-order valence-electron chi connectivity index (χ0n) is 9.00. The molecule has 0 N–H and O–H groups in total. The largest absolute Gasteiger partial charge is 0.340 e. The molecule has 0 aromatic carbocycles. The van der Waals surface area contributed by atoms with Crippen LogP contribution >= 0.6 is 15.9 Å². The topological polar surface area (TPSA) is 23.6 Å². The first kappa shape index (κ1) is 12.0. The molecule has 1 atom stereocenters. The van der Waals surface area contributed by atoms with Gasteiger partial charge in [0, 0.05) is 19.6 Å². The summed E-state index contributed by atoms with van der Waals surface area (Å²) in [5.74, 6) is 0.253. The van der Waals surface area contributed by atoms with E-state index in [1.165, 1.54) is 0 Å². The quantitative estimate of drug-likeness (QED) is 0.702. The Morgan fingerprint density at radius 3 is 2.71 bits per heavy atom. The second-order valence-corrected chi connectivity index (χ2v) is 4.96. The predicted octanol–water partition coefficient (Wildman–Crippen LogP) is 1.32. The second-order valence-electron chi connectivity index (χ2n) is 3.86. The number of hydrogen-bond donors (Lipinski definition) is 0. The highest BCUT2D eigenvalue weighted by atomic mass is 79.9. The third-order valence-corrected chi connectivity index (χ3v) is 3.70. The standard InChI is InChI=1S/C10H19BrN2O/c1-3-9(11)10(14)13-6-4-5-12(2)7-8-13/h9H,3-8H2,1-2H3. The number of alkyl halides is 1. The highest BCUT2D eigenvalue weighted by Gasteiger charge is 2.21. The molecule has 3 nitrogen and oxygen atoms in total. The summed E-state index contributed by atoms with van der Waals surface area (Å²) in [6, 6.07) is 0. The number of carbonyl (C=O) groups is 1. The zero-order chi connectivity index (χ0) is 10.6. The van der Waals surface area contributed by atoms with Gasteiger partial charge in [-0.1, -0.05) is 22.9 Å². The average molecular weight is 263 g/mol. The van der Waals surface area contributed by atoms with E-state index in [1.54, 1.807) is 0 Å². The first-order valence-corrected chi connectivity index (χ1v) is 6.18. The van der Waals surface area contributed by atoms with Crippen LogP contribution < -0.4 is 0 Å². The SMILES string of the molecule is CCC(Br)C(=O)N1CCCN(C)CC1. The van der Waals surface area contributed by atoms with E-state index in [-0.39, 0.29) is 10.7 Å². The van der Waals surface area contributed by atoms with Crippen molar-refractivity contribution in [2.45, 2.75) is 24.6 Å². The van der Waals surface area contributed by atoms with Crippen molar-refractivity contribution >= 4 is 21.8 Å². The van der Waals surface area contributed by atoms with E-state index in [4.69, 9.17) is 0 Å². The van der Waals surface area contributed by atoms with E-state index in [0.717, 1.165) is 39.0 Å². The molecule has 1 aliphatic rings. The lowest BCUT2D eigenvalue weighted by molar-refractivity contribution is -0.130. The van der Waals surface area contributed by atoms with Gasteiger partial charge in [0.15, 0.2) is 0 Å². The van der Waals surface area contributed by atoms with Gasteiger partial charge in [-0.15, -0.1) is 0 Å². The number of hydrogen-bond acceptors (Lipinski definition) is 2. The fraction of sp³-hybridized carbons (Fsp3) is 0.900. The fourth-order valence-corrected chi connectivity index (χ4v) is 1.93. The number of amides is 1. The molecule has 1 fully saturated rings. The summed E-state index contributed by atoms with van der Waals surface area (Å²) >= 11 is 3.41. The second kappa shape index (κ2) is 5.71. The van der Waals surface area contributed by atoms with Crippen LogP contribution in [0.2, 0.25) is 0 Å². The van der Waals surface area contributed by atoms with E-state index in [0.29, 0.717) is 0 Å². The molecule has 0 saturated carbocycles. The molecule has 0 bridgehead atoms. The summed E-state index contributed by atoms with van der Waals surface area (Å²) in [5, 5.41) is 0. The van der Waals surface area contributed by atoms with Crippen LogP contribution in [-0.4, -0.2) is 53.8 Å². The Morgan fingerprint density at radius 1 is 1.36 bits per heavy atom. The predicted molar refractivity (Wildman–Crippen MR) is 61.7 cm³/mol. The number of carbonyl (C=O) groups excluding carboxylic acids is 1. The summed E-state index contributed by atoms with van der Waals surface area (Å²) in [6.07, 6.45) is 1.96. The molecule has 1 aliphatic heterocycles. The molecule has 1 heterocycles. The summed E-state index contributed by atoms with van der Waals surface area (Å²) in [5.41, 5.74) is 0. The monoisotopic (exact) mass is 262 g/mol. The van der Waals surface area contributed by atoms with Gasteiger partial charge in [-0.25, -0.2) is 0 Å². The van der Waals surface area contributed by atoms with Gasteiger partial charge in [-0.05, 0) is 26.4 Å². The van der Waals surface area contributed by atoms with Crippen LogP contribution in [0.1, 0.15) is 19.8 Å². The maximum Gasteiger partial charge on any atom is 0.236 e. The third kappa shape index (κ3) is 3.24. The van der Waals surface area contributed by atoms with Crippen molar-refractivity contribution in [1.29, 1.82) is 0 Å². The molecule has 0 aliphatic carbocycles. The van der Waals surface area contributed by atoms with Crippen LogP contribution in [0.4, 0.5) is 0 Å². The molecule has 0 spiro atoms. The summed E-state index contributed by atoms with van der Waals surface area (Å²) in [4.78, 5) is 16.1. The first-order chi connectivity index (χ1) is 6.65. The Bertz CT molecular complexity index is 199. The highest BCUT2D eigenvalue weighted by molar-refractivity contribution is 9.10. The van der Waals surface area contributed by atoms with Crippen molar-refractivity contribution in [1.82, 2.24) is 9.80 Å². The minimum atomic E-state index is 0.00547. The number of likely N-dealkylation sites (N-methyl/N-ethyl adjacent to an activating group) is 1. The van der Waals surface area contributed by atoms with Gasteiger partial charge >= 0.3 is 0 Å². The van der Waals surface area contributed by atoms with Gasteiger partial charge in [0.25, 0.3) is 0 Å². The Kier molecular flexibility index (Phi) is 4.89. The Balaban J connectivity index is 2.47. The average Bonchev–Trinajstić information content (AvgIpc) is 2.40. The zero-order valence-corrected chi connectivity index (χ0v) is 10.6. The maximum atomic E-state index is 11.8. The van der Waals surface area contributed by atoms with E-state index in [2.05, 4.69) is 27.9 Å². The third-order valence-electron chi connectivity index (χ3n) is 2.66. The Morgan fingerprint density at radius 2 is 2.07 bits per heavy atom.